The number of amides is 1. The van der Waals surface area contributed by atoms with Crippen LogP contribution in [0.5, 0.6) is 0 Å². The molecule has 0 bridgehead atoms. The van der Waals surface area contributed by atoms with Crippen molar-refractivity contribution >= 4 is 21.6 Å². The lowest BCUT2D eigenvalue weighted by Gasteiger charge is -2.32. The van der Waals surface area contributed by atoms with Crippen LogP contribution in [0.4, 0.5) is 5.69 Å². The van der Waals surface area contributed by atoms with Crippen LogP contribution in [0, 0.1) is 0 Å². The van der Waals surface area contributed by atoms with Crippen LogP contribution in [0.2, 0.25) is 0 Å². The summed E-state index contributed by atoms with van der Waals surface area (Å²) < 4.78 is 27.9. The fourth-order valence-corrected chi connectivity index (χ4v) is 5.50. The van der Waals surface area contributed by atoms with Crippen LogP contribution < -0.4 is 10.0 Å². The summed E-state index contributed by atoms with van der Waals surface area (Å²) >= 11 is 0. The van der Waals surface area contributed by atoms with Gasteiger partial charge in [-0.15, -0.1) is 0 Å². The average Bonchev–Trinajstić information content (AvgIpc) is 2.75. The first kappa shape index (κ1) is 24.4. The molecule has 1 fully saturated rings. The van der Waals surface area contributed by atoms with Gasteiger partial charge in [0.05, 0.1) is 11.4 Å². The summed E-state index contributed by atoms with van der Waals surface area (Å²) in [5, 5.41) is 3.17. The Morgan fingerprint density at radius 2 is 1.50 bits per heavy atom. The number of nitrogens with one attached hydrogen (secondary N) is 2. The highest BCUT2D eigenvalue weighted by Gasteiger charge is 2.26. The molecule has 3 rings (SSSR count). The lowest BCUT2D eigenvalue weighted by atomic mass is 9.92. The van der Waals surface area contributed by atoms with Crippen molar-refractivity contribution in [3.05, 3.63) is 59.7 Å². The van der Waals surface area contributed by atoms with Crippen molar-refractivity contribution < 1.29 is 13.2 Å². The molecule has 0 saturated carbocycles. The van der Waals surface area contributed by atoms with Crippen molar-refractivity contribution in [2.24, 2.45) is 0 Å². The van der Waals surface area contributed by atoms with Gasteiger partial charge in [-0.05, 0) is 47.9 Å². The molecule has 0 atom stereocenters. The van der Waals surface area contributed by atoms with Gasteiger partial charge >= 0.3 is 0 Å². The molecule has 2 N–H and O–H groups in total. The van der Waals surface area contributed by atoms with Crippen LogP contribution in [-0.4, -0.2) is 44.9 Å². The van der Waals surface area contributed by atoms with Gasteiger partial charge in [-0.2, -0.15) is 0 Å². The zero-order valence-corrected chi connectivity index (χ0v) is 20.3. The second-order valence-electron chi connectivity index (χ2n) is 9.15. The molecule has 0 spiro atoms. The topological polar surface area (TPSA) is 78.5 Å². The van der Waals surface area contributed by atoms with E-state index in [4.69, 9.17) is 0 Å². The van der Waals surface area contributed by atoms with Gasteiger partial charge in [-0.3, -0.25) is 9.69 Å². The van der Waals surface area contributed by atoms with E-state index in [1.54, 1.807) is 30.3 Å². The van der Waals surface area contributed by atoms with Crippen LogP contribution in [0.15, 0.2) is 53.4 Å². The maximum atomic E-state index is 12.9. The van der Waals surface area contributed by atoms with Gasteiger partial charge in [0.2, 0.25) is 15.9 Å². The van der Waals surface area contributed by atoms with Crippen LogP contribution in [0.25, 0.3) is 0 Å². The molecule has 0 unspecified atom stereocenters. The zero-order valence-electron chi connectivity index (χ0n) is 19.5. The Kier molecular flexibility index (Phi) is 8.09. The van der Waals surface area contributed by atoms with Crippen molar-refractivity contribution in [3.63, 3.8) is 0 Å². The molecule has 2 aromatic carbocycles. The number of rotatable bonds is 8. The van der Waals surface area contributed by atoms with Gasteiger partial charge in [0.15, 0.2) is 0 Å². The van der Waals surface area contributed by atoms with Crippen LogP contribution in [0.1, 0.15) is 63.5 Å². The first-order valence-electron chi connectivity index (χ1n) is 11.4. The van der Waals surface area contributed by atoms with E-state index in [2.05, 4.69) is 60.8 Å². The summed E-state index contributed by atoms with van der Waals surface area (Å²) in [6.07, 6.45) is 1.36. The minimum Gasteiger partial charge on any atom is -0.324 e. The number of para-hydroxylation sites is 1. The van der Waals surface area contributed by atoms with Crippen molar-refractivity contribution in [2.45, 2.75) is 63.3 Å². The maximum Gasteiger partial charge on any atom is 0.240 e. The van der Waals surface area contributed by atoms with E-state index in [9.17, 15) is 13.2 Å². The highest BCUT2D eigenvalue weighted by atomic mass is 32.2. The Bertz CT molecular complexity index is 986. The van der Waals surface area contributed by atoms with Gasteiger partial charge in [0.1, 0.15) is 0 Å². The molecule has 0 aliphatic carbocycles. The largest absolute Gasteiger partial charge is 0.324 e. The highest BCUT2D eigenvalue weighted by Crippen LogP contribution is 2.32. The highest BCUT2D eigenvalue weighted by molar-refractivity contribution is 7.89. The molecular weight excluding hydrogens is 422 g/mol. The van der Waals surface area contributed by atoms with Crippen molar-refractivity contribution in [1.29, 1.82) is 0 Å². The standard InChI is InChI=1S/C25H35N3O3S/c1-18(2)22-11-8-12-23(19(3)4)25(22)26-24(29)17-28-15-13-20(14-16-28)27-32(30,31)21-9-6-5-7-10-21/h5-12,18-20,27H,13-17H2,1-4H3,(H,26,29). The normalized spacial score (nSPS) is 15.9. The monoisotopic (exact) mass is 457 g/mol. The summed E-state index contributed by atoms with van der Waals surface area (Å²) in [6.45, 7) is 10.2. The SMILES string of the molecule is CC(C)c1cccc(C(C)C)c1NC(=O)CN1CCC(NS(=O)(=O)c2ccccc2)CC1. The average molecular weight is 458 g/mol. The summed E-state index contributed by atoms with van der Waals surface area (Å²) in [4.78, 5) is 15.2. The Balaban J connectivity index is 1.57. The van der Waals surface area contributed by atoms with Crippen LogP contribution in [0.3, 0.4) is 0 Å². The number of hydrogen-bond acceptors (Lipinski definition) is 4. The Morgan fingerprint density at radius 1 is 0.938 bits per heavy atom. The first-order chi connectivity index (χ1) is 15.2. The van der Waals surface area contributed by atoms with E-state index in [-0.39, 0.29) is 16.8 Å². The molecule has 6 nitrogen and oxygen atoms in total. The molecular formula is C25H35N3O3S. The zero-order chi connectivity index (χ0) is 23.3. The Labute approximate surface area is 192 Å². The third-order valence-electron chi connectivity index (χ3n) is 5.97. The lowest BCUT2D eigenvalue weighted by molar-refractivity contribution is -0.117. The van der Waals surface area contributed by atoms with Crippen LogP contribution >= 0.6 is 0 Å². The molecule has 2 aromatic rings. The van der Waals surface area contributed by atoms with E-state index in [1.807, 2.05) is 0 Å². The lowest BCUT2D eigenvalue weighted by Crippen LogP contribution is -2.46. The smallest absolute Gasteiger partial charge is 0.240 e. The summed E-state index contributed by atoms with van der Waals surface area (Å²) in [5.74, 6) is 0.609. The number of sulfonamides is 1. The fraction of sp³-hybridized carbons (Fsp3) is 0.480. The van der Waals surface area contributed by atoms with Gasteiger partial charge in [0, 0.05) is 24.8 Å². The van der Waals surface area contributed by atoms with Crippen molar-refractivity contribution in [2.75, 3.05) is 25.0 Å². The van der Waals surface area contributed by atoms with Crippen molar-refractivity contribution in [3.8, 4) is 0 Å². The van der Waals surface area contributed by atoms with Gasteiger partial charge in [-0.1, -0.05) is 64.1 Å². The number of carbonyl (C=O) groups excluding carboxylic acids is 1. The van der Waals surface area contributed by atoms with Crippen LogP contribution in [-0.2, 0) is 14.8 Å². The molecule has 1 aliphatic heterocycles. The Morgan fingerprint density at radius 3 is 2.03 bits per heavy atom. The Hall–Kier alpha value is -2.22. The molecule has 0 aromatic heterocycles. The van der Waals surface area contributed by atoms with E-state index in [1.165, 1.54) is 0 Å². The molecule has 174 valence electrons. The van der Waals surface area contributed by atoms with E-state index in [0.717, 1.165) is 16.8 Å². The third-order valence-corrected chi connectivity index (χ3v) is 7.50. The van der Waals surface area contributed by atoms with Gasteiger partial charge < -0.3 is 5.32 Å². The summed E-state index contributed by atoms with van der Waals surface area (Å²) in [7, 11) is -3.51. The fourth-order valence-electron chi connectivity index (χ4n) is 4.17. The number of likely N-dealkylation sites (tertiary alicyclic amines) is 1. The number of nitrogens with zero attached hydrogens (tertiary/aromatic N) is 1. The quantitative estimate of drug-likeness (QED) is 0.619. The van der Waals surface area contributed by atoms with Gasteiger partial charge in [0.25, 0.3) is 0 Å². The molecule has 1 saturated heterocycles. The minimum absolute atomic E-state index is 0.0247. The minimum atomic E-state index is -3.51. The van der Waals surface area contributed by atoms with Gasteiger partial charge in [-0.25, -0.2) is 13.1 Å². The third kappa shape index (κ3) is 6.18. The predicted molar refractivity (Wildman–Crippen MR) is 129 cm³/mol. The van der Waals surface area contributed by atoms with Crippen molar-refractivity contribution in [1.82, 2.24) is 9.62 Å². The van der Waals surface area contributed by atoms with E-state index < -0.39 is 10.0 Å². The first-order valence-corrected chi connectivity index (χ1v) is 12.9. The molecule has 1 aliphatic rings. The van der Waals surface area contributed by atoms with E-state index in [0.29, 0.717) is 44.3 Å². The number of carbonyl (C=O) groups is 1. The number of piperidine rings is 1. The number of hydrogen-bond donors (Lipinski definition) is 2. The second kappa shape index (κ2) is 10.6. The summed E-state index contributed by atoms with van der Waals surface area (Å²) in [5.41, 5.74) is 3.24. The maximum absolute atomic E-state index is 12.9. The second-order valence-corrected chi connectivity index (χ2v) is 10.9. The molecule has 7 heteroatoms. The predicted octanol–water partition coefficient (Wildman–Crippen LogP) is 4.31. The molecule has 32 heavy (non-hydrogen) atoms. The number of anilines is 1. The van der Waals surface area contributed by atoms with E-state index >= 15 is 0 Å². The molecule has 0 radical (unpaired) electrons. The molecule has 1 heterocycles. The molecule has 1 amide bonds. The summed E-state index contributed by atoms with van der Waals surface area (Å²) in [6, 6.07) is 14.5. The number of benzene rings is 2.